The number of piperidine rings is 1. The van der Waals surface area contributed by atoms with Crippen LogP contribution in [-0.4, -0.2) is 35.8 Å². The van der Waals surface area contributed by atoms with Gasteiger partial charge in [-0.15, -0.1) is 0 Å². The predicted octanol–water partition coefficient (Wildman–Crippen LogP) is 4.74. The molecule has 1 aliphatic carbocycles. The lowest BCUT2D eigenvalue weighted by Crippen LogP contribution is -2.48. The molecule has 5 heteroatoms. The molecule has 0 spiro atoms. The Morgan fingerprint density at radius 1 is 1.07 bits per heavy atom. The molecule has 0 bridgehead atoms. The lowest BCUT2D eigenvalue weighted by Gasteiger charge is -2.34. The maximum Gasteiger partial charge on any atom is 0.230 e. The van der Waals surface area contributed by atoms with Crippen molar-refractivity contribution < 1.29 is 9.59 Å². The van der Waals surface area contributed by atoms with Crippen molar-refractivity contribution in [2.75, 3.05) is 13.1 Å². The number of hydrogen-bond acceptors (Lipinski definition) is 2. The summed E-state index contributed by atoms with van der Waals surface area (Å²) in [4.78, 5) is 27.7. The Morgan fingerprint density at radius 2 is 1.73 bits per heavy atom. The molecule has 2 aliphatic rings. The van der Waals surface area contributed by atoms with Gasteiger partial charge in [-0.1, -0.05) is 67.1 Å². The molecule has 4 nitrogen and oxygen atoms in total. The Hall–Kier alpha value is -2.33. The minimum absolute atomic E-state index is 0.0205. The van der Waals surface area contributed by atoms with Crippen LogP contribution in [-0.2, 0) is 9.59 Å². The van der Waals surface area contributed by atoms with Gasteiger partial charge in [0.15, 0.2) is 0 Å². The summed E-state index contributed by atoms with van der Waals surface area (Å²) in [6.07, 6.45) is 3.28. The molecule has 1 heterocycles. The lowest BCUT2D eigenvalue weighted by atomic mass is 9.93. The smallest absolute Gasteiger partial charge is 0.230 e. The van der Waals surface area contributed by atoms with Gasteiger partial charge in [0, 0.05) is 30.1 Å². The first-order valence-electron chi connectivity index (χ1n) is 11.0. The van der Waals surface area contributed by atoms with Crippen LogP contribution in [0.1, 0.15) is 55.6 Å². The molecule has 2 fully saturated rings. The quantitative estimate of drug-likeness (QED) is 0.727. The molecule has 0 radical (unpaired) electrons. The van der Waals surface area contributed by atoms with Crippen molar-refractivity contribution in [1.82, 2.24) is 10.2 Å². The van der Waals surface area contributed by atoms with E-state index in [9.17, 15) is 9.59 Å². The number of likely N-dealkylation sites (tertiary alicyclic amines) is 1. The molecule has 3 unspecified atom stereocenters. The van der Waals surface area contributed by atoms with E-state index in [0.717, 1.165) is 41.8 Å². The van der Waals surface area contributed by atoms with E-state index in [2.05, 4.69) is 12.2 Å². The molecule has 4 rings (SSSR count). The molecule has 1 aliphatic heterocycles. The topological polar surface area (TPSA) is 49.4 Å². The summed E-state index contributed by atoms with van der Waals surface area (Å²) >= 11 is 6.28. The van der Waals surface area contributed by atoms with Gasteiger partial charge in [-0.2, -0.15) is 0 Å². The van der Waals surface area contributed by atoms with Crippen LogP contribution in [0, 0.1) is 5.92 Å². The minimum atomic E-state index is -0.0832. The fraction of sp³-hybridized carbons (Fsp3) is 0.440. The van der Waals surface area contributed by atoms with Gasteiger partial charge in [0.25, 0.3) is 0 Å². The molecular formula is C25H29ClN2O2. The van der Waals surface area contributed by atoms with Gasteiger partial charge < -0.3 is 10.2 Å². The SMILES string of the molecule is CCC(C(=O)N1CCC(NC(=O)C2CC2c2ccccc2Cl)CC1)c1ccccc1. The van der Waals surface area contributed by atoms with Gasteiger partial charge in [-0.3, -0.25) is 9.59 Å². The van der Waals surface area contributed by atoms with Crippen LogP contribution in [0.4, 0.5) is 0 Å². The number of carbonyl (C=O) groups excluding carboxylic acids is 2. The lowest BCUT2D eigenvalue weighted by molar-refractivity contribution is -0.134. The van der Waals surface area contributed by atoms with Crippen LogP contribution in [0.3, 0.4) is 0 Å². The molecule has 2 amide bonds. The van der Waals surface area contributed by atoms with E-state index in [-0.39, 0.29) is 35.6 Å². The predicted molar refractivity (Wildman–Crippen MR) is 120 cm³/mol. The maximum absolute atomic E-state index is 13.0. The van der Waals surface area contributed by atoms with Crippen molar-refractivity contribution in [3.63, 3.8) is 0 Å². The molecule has 3 atom stereocenters. The first-order chi connectivity index (χ1) is 14.6. The summed E-state index contributed by atoms with van der Waals surface area (Å²) in [6.45, 7) is 3.46. The monoisotopic (exact) mass is 424 g/mol. The van der Waals surface area contributed by atoms with Crippen molar-refractivity contribution in [2.45, 2.75) is 50.5 Å². The number of carbonyl (C=O) groups is 2. The second-order valence-corrected chi connectivity index (χ2v) is 8.86. The van der Waals surface area contributed by atoms with Crippen molar-refractivity contribution in [3.05, 3.63) is 70.7 Å². The van der Waals surface area contributed by atoms with Crippen molar-refractivity contribution >= 4 is 23.4 Å². The summed E-state index contributed by atoms with van der Waals surface area (Å²) in [7, 11) is 0. The van der Waals surface area contributed by atoms with Gasteiger partial charge in [-0.25, -0.2) is 0 Å². The average molecular weight is 425 g/mol. The molecule has 0 aromatic heterocycles. The average Bonchev–Trinajstić information content (AvgIpc) is 3.57. The van der Waals surface area contributed by atoms with Crippen LogP contribution in [0.5, 0.6) is 0 Å². The van der Waals surface area contributed by atoms with Crippen LogP contribution >= 0.6 is 11.6 Å². The normalized spacial score (nSPS) is 22.4. The number of nitrogens with one attached hydrogen (secondary N) is 1. The molecule has 30 heavy (non-hydrogen) atoms. The summed E-state index contributed by atoms with van der Waals surface area (Å²) in [5.74, 6) is 0.499. The second-order valence-electron chi connectivity index (χ2n) is 8.45. The van der Waals surface area contributed by atoms with Crippen molar-refractivity contribution in [2.24, 2.45) is 5.92 Å². The highest BCUT2D eigenvalue weighted by molar-refractivity contribution is 6.31. The Bertz CT molecular complexity index is 893. The third-order valence-electron chi connectivity index (χ3n) is 6.49. The number of nitrogens with zero attached hydrogens (tertiary/aromatic N) is 1. The largest absolute Gasteiger partial charge is 0.353 e. The van der Waals surface area contributed by atoms with Gasteiger partial charge in [-0.05, 0) is 48.8 Å². The Kier molecular flexibility index (Phi) is 6.43. The zero-order chi connectivity index (χ0) is 21.1. The number of rotatable bonds is 6. The van der Waals surface area contributed by atoms with E-state index in [4.69, 9.17) is 11.6 Å². The number of hydrogen-bond donors (Lipinski definition) is 1. The zero-order valence-electron chi connectivity index (χ0n) is 17.4. The Morgan fingerprint density at radius 3 is 2.40 bits per heavy atom. The maximum atomic E-state index is 13.0. The molecule has 1 N–H and O–H groups in total. The molecular weight excluding hydrogens is 396 g/mol. The Labute approximate surface area is 183 Å². The van der Waals surface area contributed by atoms with Gasteiger partial charge >= 0.3 is 0 Å². The summed E-state index contributed by atoms with van der Waals surface area (Å²) < 4.78 is 0. The molecule has 1 saturated carbocycles. The van der Waals surface area contributed by atoms with Gasteiger partial charge in [0.1, 0.15) is 0 Å². The van der Waals surface area contributed by atoms with E-state index in [0.29, 0.717) is 13.1 Å². The Balaban J connectivity index is 1.27. The third-order valence-corrected chi connectivity index (χ3v) is 6.84. The minimum Gasteiger partial charge on any atom is -0.353 e. The summed E-state index contributed by atoms with van der Waals surface area (Å²) in [5.41, 5.74) is 2.16. The van der Waals surface area contributed by atoms with E-state index in [1.807, 2.05) is 59.5 Å². The highest BCUT2D eigenvalue weighted by Gasteiger charge is 2.45. The highest BCUT2D eigenvalue weighted by Crippen LogP contribution is 2.49. The molecule has 2 aromatic rings. The highest BCUT2D eigenvalue weighted by atomic mass is 35.5. The van der Waals surface area contributed by atoms with Gasteiger partial charge in [0.05, 0.1) is 5.92 Å². The third kappa shape index (κ3) is 4.54. The van der Waals surface area contributed by atoms with Crippen LogP contribution < -0.4 is 5.32 Å². The summed E-state index contributed by atoms with van der Waals surface area (Å²) in [5, 5.41) is 3.96. The van der Waals surface area contributed by atoms with Crippen LogP contribution in [0.2, 0.25) is 5.02 Å². The van der Waals surface area contributed by atoms with Crippen molar-refractivity contribution in [3.8, 4) is 0 Å². The fourth-order valence-corrected chi connectivity index (χ4v) is 4.89. The van der Waals surface area contributed by atoms with E-state index in [1.165, 1.54) is 0 Å². The first kappa shape index (κ1) is 20.9. The van der Waals surface area contributed by atoms with Crippen molar-refractivity contribution in [1.29, 1.82) is 0 Å². The standard InChI is InChI=1S/C25H29ClN2O2/c1-2-19(17-8-4-3-5-9-17)25(30)28-14-12-18(13-15-28)27-24(29)22-16-21(22)20-10-6-7-11-23(20)26/h3-11,18-19,21-22H,2,12-16H2,1H3,(H,27,29). The zero-order valence-corrected chi connectivity index (χ0v) is 18.1. The van der Waals surface area contributed by atoms with Crippen LogP contribution in [0.15, 0.2) is 54.6 Å². The molecule has 2 aromatic carbocycles. The number of amides is 2. The second kappa shape index (κ2) is 9.22. The number of halogens is 1. The summed E-state index contributed by atoms with van der Waals surface area (Å²) in [6, 6.07) is 17.9. The van der Waals surface area contributed by atoms with E-state index < -0.39 is 0 Å². The van der Waals surface area contributed by atoms with Crippen LogP contribution in [0.25, 0.3) is 0 Å². The van der Waals surface area contributed by atoms with Gasteiger partial charge in [0.2, 0.25) is 11.8 Å². The molecule has 1 saturated heterocycles. The first-order valence-corrected chi connectivity index (χ1v) is 11.3. The van der Waals surface area contributed by atoms with E-state index >= 15 is 0 Å². The number of benzene rings is 2. The fourth-order valence-electron chi connectivity index (χ4n) is 4.62. The van der Waals surface area contributed by atoms with E-state index in [1.54, 1.807) is 0 Å². The molecule has 158 valence electrons.